The molecule has 0 unspecified atom stereocenters. The summed E-state index contributed by atoms with van der Waals surface area (Å²) in [5.41, 5.74) is 6.49. The number of ether oxygens (including phenoxy) is 1. The van der Waals surface area contributed by atoms with Gasteiger partial charge >= 0.3 is 0 Å². The second kappa shape index (κ2) is 13.3. The van der Waals surface area contributed by atoms with E-state index >= 15 is 0 Å². The summed E-state index contributed by atoms with van der Waals surface area (Å²) in [6.07, 6.45) is 5.23. The molecule has 59 heavy (non-hydrogen) atoms. The van der Waals surface area contributed by atoms with Crippen LogP contribution in [0.1, 0.15) is 30.4 Å². The molecule has 0 atom stereocenters. The summed E-state index contributed by atoms with van der Waals surface area (Å²) in [5.74, 6) is 2.05. The Morgan fingerprint density at radius 1 is 0.610 bits per heavy atom. The number of hydrogen-bond acceptors (Lipinski definition) is 3. The molecule has 0 saturated carbocycles. The van der Waals surface area contributed by atoms with E-state index in [9.17, 15) is 0 Å². The maximum absolute atomic E-state index is 8.90. The predicted octanol–water partition coefficient (Wildman–Crippen LogP) is 13.2. The average molecular weight is 768 g/mol. The molecule has 11 aromatic rings. The lowest BCUT2D eigenvalue weighted by Crippen LogP contribution is -2.30. The summed E-state index contributed by atoms with van der Waals surface area (Å²) in [4.78, 5) is 4.85. The zero-order chi connectivity index (χ0) is 42.3. The maximum Gasteiger partial charge on any atom is 0.245 e. The quantitative estimate of drug-likeness (QED) is 0.132. The van der Waals surface area contributed by atoms with Gasteiger partial charge in [-0.25, -0.2) is 4.98 Å². The summed E-state index contributed by atoms with van der Waals surface area (Å²) in [6.45, 7) is 4.01. The van der Waals surface area contributed by atoms with Crippen LogP contribution in [-0.2, 0) is 12.4 Å². The lowest BCUT2D eigenvalue weighted by atomic mass is 9.88. The smallest absolute Gasteiger partial charge is 0.245 e. The Labute approximate surface area is 345 Å². The van der Waals surface area contributed by atoms with Gasteiger partial charge in [-0.15, -0.1) is 0 Å². The largest absolute Gasteiger partial charge is 0.458 e. The van der Waals surface area contributed by atoms with Gasteiger partial charge in [0, 0.05) is 39.2 Å². The van der Waals surface area contributed by atoms with Crippen molar-refractivity contribution in [3.05, 3.63) is 182 Å². The Hall–Kier alpha value is -7.44. The molecule has 0 spiro atoms. The van der Waals surface area contributed by atoms with E-state index in [1.807, 2.05) is 102 Å². The molecule has 0 fully saturated rings. The second-order valence-corrected chi connectivity index (χ2v) is 16.1. The van der Waals surface area contributed by atoms with Crippen molar-refractivity contribution in [2.75, 3.05) is 0 Å². The van der Waals surface area contributed by atoms with Crippen LogP contribution in [0.25, 0.3) is 87.8 Å². The molecule has 6 nitrogen and oxygen atoms in total. The molecular weight excluding hydrogens is 725 g/mol. The van der Waals surface area contributed by atoms with Crippen LogP contribution < -0.4 is 9.30 Å². The third kappa shape index (κ3) is 5.71. The monoisotopic (exact) mass is 767 g/mol. The molecule has 284 valence electrons. The fourth-order valence-electron chi connectivity index (χ4n) is 8.55. The van der Waals surface area contributed by atoms with E-state index < -0.39 is 6.98 Å². The van der Waals surface area contributed by atoms with E-state index in [2.05, 4.69) is 104 Å². The number of aryl methyl sites for hydroxylation is 1. The SMILES string of the molecule is [2H]C([2H])([2H])[n+]1[c-]n(-c2cccc(Oc3ccc4c5ccccc5n(-c5cc(C(C)(C)C)ccn5)c4c3)c2)c2ccccc2c2ccc3c4ccccc4oc3c2c2ccccc21. The second-order valence-electron chi connectivity index (χ2n) is 16.1. The Morgan fingerprint density at radius 2 is 1.29 bits per heavy atom. The van der Waals surface area contributed by atoms with Gasteiger partial charge < -0.3 is 18.3 Å². The third-order valence-corrected chi connectivity index (χ3v) is 11.4. The van der Waals surface area contributed by atoms with Crippen molar-refractivity contribution in [3.8, 4) is 23.0 Å². The first-order valence-corrected chi connectivity index (χ1v) is 19.8. The Balaban J connectivity index is 1.13. The van der Waals surface area contributed by atoms with Gasteiger partial charge in [-0.2, -0.15) is 0 Å². The molecule has 6 heteroatoms. The number of hydrogen-bond donors (Lipinski definition) is 0. The highest BCUT2D eigenvalue weighted by molar-refractivity contribution is 6.25. The topological polar surface area (TPSA) is 49.0 Å². The first-order valence-electron chi connectivity index (χ1n) is 21.3. The highest BCUT2D eigenvalue weighted by atomic mass is 16.5. The summed E-state index contributed by atoms with van der Waals surface area (Å²) in [5, 5.41) is 7.47. The van der Waals surface area contributed by atoms with E-state index in [-0.39, 0.29) is 5.41 Å². The van der Waals surface area contributed by atoms with E-state index in [4.69, 9.17) is 18.3 Å². The van der Waals surface area contributed by atoms with Crippen LogP contribution in [0.15, 0.2) is 174 Å². The third-order valence-electron chi connectivity index (χ3n) is 11.4. The van der Waals surface area contributed by atoms with Gasteiger partial charge in [0.25, 0.3) is 0 Å². The lowest BCUT2D eigenvalue weighted by molar-refractivity contribution is -0.652. The normalized spacial score (nSPS) is 13.0. The molecule has 0 N–H and O–H groups in total. The number of nitrogens with zero attached hydrogens (tertiary/aromatic N) is 4. The van der Waals surface area contributed by atoms with Crippen molar-refractivity contribution >= 4 is 76.3 Å². The molecule has 4 heterocycles. The van der Waals surface area contributed by atoms with Gasteiger partial charge in [-0.05, 0) is 81.7 Å². The van der Waals surface area contributed by atoms with Crippen molar-refractivity contribution in [1.29, 1.82) is 0 Å². The van der Waals surface area contributed by atoms with Gasteiger partial charge in [-0.1, -0.05) is 124 Å². The van der Waals surface area contributed by atoms with Crippen LogP contribution in [0.3, 0.4) is 0 Å². The minimum atomic E-state index is -2.61. The van der Waals surface area contributed by atoms with Crippen molar-refractivity contribution in [1.82, 2.24) is 14.1 Å². The van der Waals surface area contributed by atoms with Crippen LogP contribution in [0.4, 0.5) is 0 Å². The Morgan fingerprint density at radius 3 is 2.12 bits per heavy atom. The van der Waals surface area contributed by atoms with Crippen molar-refractivity contribution in [2.24, 2.45) is 6.98 Å². The predicted molar refractivity (Wildman–Crippen MR) is 241 cm³/mol. The fraction of sp³-hybridized carbons (Fsp3) is 0.0943. The molecular formula is C53H40N4O2. The molecule has 0 aliphatic rings. The van der Waals surface area contributed by atoms with E-state index in [0.29, 0.717) is 28.3 Å². The molecule has 0 amide bonds. The van der Waals surface area contributed by atoms with Crippen LogP contribution in [0, 0.1) is 6.33 Å². The molecule has 0 aliphatic carbocycles. The van der Waals surface area contributed by atoms with Gasteiger partial charge in [0.1, 0.15) is 28.5 Å². The van der Waals surface area contributed by atoms with Crippen molar-refractivity contribution < 1.29 is 17.8 Å². The van der Waals surface area contributed by atoms with Gasteiger partial charge in [0.2, 0.25) is 6.33 Å². The highest BCUT2D eigenvalue weighted by Crippen LogP contribution is 2.39. The summed E-state index contributed by atoms with van der Waals surface area (Å²) in [7, 11) is 0. The molecule has 0 radical (unpaired) electrons. The summed E-state index contributed by atoms with van der Waals surface area (Å²) < 4.78 is 45.3. The number of rotatable bonds is 4. The zero-order valence-electron chi connectivity index (χ0n) is 35.8. The Bertz CT molecular complexity index is 3660. The minimum Gasteiger partial charge on any atom is -0.458 e. The van der Waals surface area contributed by atoms with Crippen molar-refractivity contribution in [2.45, 2.75) is 26.2 Å². The average Bonchev–Trinajstić information content (AvgIpc) is 3.82. The summed E-state index contributed by atoms with van der Waals surface area (Å²) >= 11 is 0. The molecule has 11 rings (SSSR count). The number of aromatic nitrogens is 4. The first kappa shape index (κ1) is 31.6. The van der Waals surface area contributed by atoms with Crippen molar-refractivity contribution in [3.63, 3.8) is 0 Å². The van der Waals surface area contributed by atoms with Crippen LogP contribution in [0.5, 0.6) is 11.5 Å². The van der Waals surface area contributed by atoms with Gasteiger partial charge in [0.15, 0.2) is 0 Å². The van der Waals surface area contributed by atoms with Gasteiger partial charge in [0.05, 0.1) is 38.8 Å². The van der Waals surface area contributed by atoms with E-state index in [1.165, 1.54) is 10.1 Å². The lowest BCUT2D eigenvalue weighted by Gasteiger charge is -2.20. The minimum absolute atomic E-state index is 0.0505. The molecule has 4 aromatic heterocycles. The molecule has 0 saturated heterocycles. The number of furan rings is 1. The molecule has 0 bridgehead atoms. The molecule has 7 aromatic carbocycles. The zero-order valence-corrected chi connectivity index (χ0v) is 32.8. The van der Waals surface area contributed by atoms with Crippen LogP contribution >= 0.6 is 0 Å². The van der Waals surface area contributed by atoms with Crippen LogP contribution in [0.2, 0.25) is 0 Å². The van der Waals surface area contributed by atoms with Crippen LogP contribution in [-0.4, -0.2) is 14.1 Å². The molecule has 0 aliphatic heterocycles. The Kier molecular flexibility index (Phi) is 7.14. The maximum atomic E-state index is 8.90. The fourth-order valence-corrected chi connectivity index (χ4v) is 8.55. The number of pyridine rings is 1. The first-order chi connectivity index (χ1) is 30.0. The summed E-state index contributed by atoms with van der Waals surface area (Å²) in [6, 6.07) is 54.2. The highest BCUT2D eigenvalue weighted by Gasteiger charge is 2.19. The van der Waals surface area contributed by atoms with Gasteiger partial charge in [-0.3, -0.25) is 4.57 Å². The number of benzene rings is 7. The number of fused-ring (bicyclic) bond motifs is 12. The van der Waals surface area contributed by atoms with E-state index in [1.54, 1.807) is 0 Å². The number of para-hydroxylation sites is 4. The van der Waals surface area contributed by atoms with E-state index in [0.717, 1.165) is 71.0 Å². The standard InChI is InChI=1S/C53H40N4O2/c1-53(2,3)34-28-29-54-50(30-34)57-47-22-11-6-16-38(47)40-25-24-37(32-48(40)57)58-36-15-13-14-35(31-36)56-33-55(4)45-20-9-7-19-44(45)51-42(39-17-5-10-21-46(39)56)26-27-43-41-18-8-12-23-49(41)59-52(43)51/h5-32H,1-4H3/i4D3.